The van der Waals surface area contributed by atoms with Crippen LogP contribution in [0.4, 0.5) is 13.2 Å². The summed E-state index contributed by atoms with van der Waals surface area (Å²) in [4.78, 5) is 25.4. The van der Waals surface area contributed by atoms with Crippen molar-refractivity contribution < 1.29 is 27.9 Å². The smallest absolute Gasteiger partial charge is 0.264 e. The van der Waals surface area contributed by atoms with Crippen molar-refractivity contribution in [1.82, 2.24) is 5.32 Å². The fourth-order valence-corrected chi connectivity index (χ4v) is 4.58. The van der Waals surface area contributed by atoms with Crippen molar-refractivity contribution in [1.29, 1.82) is 0 Å². The first-order valence-electron chi connectivity index (χ1n) is 14.3. The van der Waals surface area contributed by atoms with E-state index >= 15 is 0 Å². The van der Waals surface area contributed by atoms with E-state index in [4.69, 9.17) is 5.73 Å². The molecule has 232 valence electrons. The van der Waals surface area contributed by atoms with Crippen LogP contribution in [-0.2, 0) is 22.6 Å². The minimum absolute atomic E-state index is 0.0731. The molecule has 9 heteroatoms. The molecule has 0 saturated heterocycles. The van der Waals surface area contributed by atoms with Crippen LogP contribution in [0.15, 0.2) is 77.5 Å². The lowest BCUT2D eigenvalue weighted by atomic mass is 9.74. The molecule has 0 aromatic heterocycles. The molecule has 4 N–H and O–H groups in total. The zero-order chi connectivity index (χ0) is 31.9. The normalized spacial score (nSPS) is 18.4. The number of amides is 1. The van der Waals surface area contributed by atoms with E-state index in [9.17, 15) is 27.9 Å². The Balaban J connectivity index is 0.000000315. The maximum atomic E-state index is 13.7. The lowest BCUT2D eigenvalue weighted by Crippen LogP contribution is -2.39. The Bertz CT molecular complexity index is 1310. The van der Waals surface area contributed by atoms with Crippen LogP contribution in [0.25, 0.3) is 0 Å². The van der Waals surface area contributed by atoms with Gasteiger partial charge >= 0.3 is 0 Å². The highest BCUT2D eigenvalue weighted by molar-refractivity contribution is 5.87. The SMILES string of the molecule is CC(=O)/C=C\C=C/C(C)C(C)Cc1ccc(CN=C/C(C)=C\N)cc1.O=CNC1CC(c2c(C(F)F)ccc(O)c2F)C1. The number of carbonyl (C=O) groups excluding carboxylic acids is 2. The molecule has 0 radical (unpaired) electrons. The Labute approximate surface area is 252 Å². The Morgan fingerprint density at radius 2 is 1.74 bits per heavy atom. The molecule has 2 aromatic rings. The monoisotopic (exact) mass is 597 g/mol. The van der Waals surface area contributed by atoms with E-state index in [1.165, 1.54) is 11.1 Å². The number of phenols is 1. The van der Waals surface area contributed by atoms with Gasteiger partial charge in [-0.05, 0) is 92.0 Å². The summed E-state index contributed by atoms with van der Waals surface area (Å²) in [7, 11) is 0. The van der Waals surface area contributed by atoms with Gasteiger partial charge in [-0.3, -0.25) is 14.6 Å². The van der Waals surface area contributed by atoms with Gasteiger partial charge in [0, 0.05) is 23.4 Å². The second-order valence-corrected chi connectivity index (χ2v) is 10.9. The number of nitrogens with two attached hydrogens (primary N) is 1. The van der Waals surface area contributed by atoms with Crippen LogP contribution in [0.2, 0.25) is 0 Å². The summed E-state index contributed by atoms with van der Waals surface area (Å²) in [5.74, 6) is -0.943. The molecule has 1 aliphatic rings. The number of alkyl halides is 2. The Hall–Kier alpha value is -4.14. The van der Waals surface area contributed by atoms with Crippen LogP contribution in [0, 0.1) is 17.7 Å². The van der Waals surface area contributed by atoms with Gasteiger partial charge in [-0.1, -0.05) is 56.3 Å². The molecule has 0 aliphatic heterocycles. The molecule has 0 heterocycles. The number of ketones is 1. The maximum Gasteiger partial charge on any atom is 0.264 e. The average molecular weight is 598 g/mol. The van der Waals surface area contributed by atoms with Crippen molar-refractivity contribution in [2.45, 2.75) is 71.9 Å². The third-order valence-electron chi connectivity index (χ3n) is 7.44. The van der Waals surface area contributed by atoms with Crippen LogP contribution in [0.5, 0.6) is 5.75 Å². The van der Waals surface area contributed by atoms with E-state index in [1.54, 1.807) is 25.4 Å². The number of nitrogens with one attached hydrogen (secondary N) is 1. The maximum absolute atomic E-state index is 13.7. The molecule has 1 fully saturated rings. The molecule has 2 aromatic carbocycles. The standard InChI is InChI=1S/C22H30N2O.C12H12F3NO2/c1-17(14-23)15-24-16-22-11-9-21(10-12-22)13-19(3)18(2)7-5-6-8-20(4)25;13-11-9(18)2-1-8(12(14)15)10(11)6-3-7(4-6)16-5-17/h5-12,14-15,18-19H,13,16,23H2,1-4H3;1-2,5-7,12,18H,3-4H2,(H,16,17)/b7-5-,8-6-,17-14-,24-15?;. The molecule has 2 unspecified atom stereocenters. The third-order valence-corrected chi connectivity index (χ3v) is 7.44. The first-order valence-corrected chi connectivity index (χ1v) is 14.3. The third kappa shape index (κ3) is 11.6. The van der Waals surface area contributed by atoms with Gasteiger partial charge in [0.2, 0.25) is 6.41 Å². The van der Waals surface area contributed by atoms with Crippen LogP contribution >= 0.6 is 0 Å². The molecule has 6 nitrogen and oxygen atoms in total. The van der Waals surface area contributed by atoms with Crippen LogP contribution in [0.3, 0.4) is 0 Å². The lowest BCUT2D eigenvalue weighted by Gasteiger charge is -2.36. The number of carbonyl (C=O) groups is 2. The van der Waals surface area contributed by atoms with E-state index in [2.05, 4.69) is 54.5 Å². The van der Waals surface area contributed by atoms with Gasteiger partial charge in [0.05, 0.1) is 6.54 Å². The first-order chi connectivity index (χ1) is 20.5. The number of phenolic OH excluding ortho intramolecular Hbond substituents is 1. The van der Waals surface area contributed by atoms with Crippen molar-refractivity contribution in [3.05, 3.63) is 101 Å². The average Bonchev–Trinajstić information content (AvgIpc) is 2.95. The minimum Gasteiger partial charge on any atom is -0.505 e. The number of rotatable bonds is 13. The summed E-state index contributed by atoms with van der Waals surface area (Å²) in [6, 6.07) is 10.5. The Morgan fingerprint density at radius 1 is 1.09 bits per heavy atom. The number of hydrogen-bond acceptors (Lipinski definition) is 5. The van der Waals surface area contributed by atoms with Crippen LogP contribution in [0.1, 0.15) is 75.1 Å². The number of aliphatic imine (C=N–C) groups is 1. The summed E-state index contributed by atoms with van der Waals surface area (Å²) < 4.78 is 39.3. The van der Waals surface area contributed by atoms with E-state index in [0.717, 1.165) is 24.1 Å². The Kier molecular flexibility index (Phi) is 14.5. The van der Waals surface area contributed by atoms with Crippen molar-refractivity contribution in [2.75, 3.05) is 0 Å². The fourth-order valence-electron chi connectivity index (χ4n) is 4.58. The molecule has 0 spiro atoms. The zero-order valence-electron chi connectivity index (χ0n) is 25.1. The second-order valence-electron chi connectivity index (χ2n) is 10.9. The number of allylic oxidation sites excluding steroid dienone is 5. The van der Waals surface area contributed by atoms with Crippen molar-refractivity contribution in [2.24, 2.45) is 22.6 Å². The van der Waals surface area contributed by atoms with Gasteiger partial charge in [0.25, 0.3) is 6.43 Å². The van der Waals surface area contributed by atoms with Gasteiger partial charge < -0.3 is 16.2 Å². The van der Waals surface area contributed by atoms with E-state index in [-0.39, 0.29) is 23.0 Å². The van der Waals surface area contributed by atoms with E-state index in [1.807, 2.05) is 19.1 Å². The molecule has 0 bridgehead atoms. The van der Waals surface area contributed by atoms with E-state index < -0.39 is 23.9 Å². The van der Waals surface area contributed by atoms with Crippen LogP contribution in [-0.4, -0.2) is 29.6 Å². The predicted molar refractivity (Wildman–Crippen MR) is 166 cm³/mol. The topological polar surface area (TPSA) is 105 Å². The molecule has 43 heavy (non-hydrogen) atoms. The van der Waals surface area contributed by atoms with Gasteiger partial charge in [-0.25, -0.2) is 13.2 Å². The van der Waals surface area contributed by atoms with Gasteiger partial charge in [-0.2, -0.15) is 0 Å². The van der Waals surface area contributed by atoms with Gasteiger partial charge in [0.15, 0.2) is 17.3 Å². The zero-order valence-corrected chi connectivity index (χ0v) is 25.1. The van der Waals surface area contributed by atoms with Gasteiger partial charge in [-0.15, -0.1) is 0 Å². The summed E-state index contributed by atoms with van der Waals surface area (Å²) in [6.07, 6.45) is 10.4. The summed E-state index contributed by atoms with van der Waals surface area (Å²) in [5.41, 5.74) is 8.39. The molecular formula is C34H42F3N3O3. The molecule has 1 aliphatic carbocycles. The predicted octanol–water partition coefficient (Wildman–Crippen LogP) is 7.10. The quantitative estimate of drug-likeness (QED) is 0.0992. The highest BCUT2D eigenvalue weighted by atomic mass is 19.3. The Morgan fingerprint density at radius 3 is 2.33 bits per heavy atom. The van der Waals surface area contributed by atoms with Gasteiger partial charge in [0.1, 0.15) is 0 Å². The number of hydrogen-bond donors (Lipinski definition) is 3. The number of halogens is 3. The molecular weight excluding hydrogens is 555 g/mol. The number of benzene rings is 2. The minimum atomic E-state index is -2.78. The van der Waals surface area contributed by atoms with Crippen molar-refractivity contribution in [3.63, 3.8) is 0 Å². The fraction of sp³-hybridized carbons (Fsp3) is 0.382. The molecule has 1 saturated carbocycles. The van der Waals surface area contributed by atoms with Crippen molar-refractivity contribution >= 4 is 18.4 Å². The molecule has 2 atom stereocenters. The molecule has 3 rings (SSSR count). The summed E-state index contributed by atoms with van der Waals surface area (Å²) in [6.45, 7) is 8.62. The lowest BCUT2D eigenvalue weighted by molar-refractivity contribution is -0.112. The molecule has 1 amide bonds. The first kappa shape index (κ1) is 35.1. The highest BCUT2D eigenvalue weighted by Crippen LogP contribution is 2.43. The number of nitrogens with zero attached hydrogens (tertiary/aromatic N) is 1. The summed E-state index contributed by atoms with van der Waals surface area (Å²) >= 11 is 0. The van der Waals surface area contributed by atoms with Crippen LogP contribution < -0.4 is 11.1 Å². The van der Waals surface area contributed by atoms with Crippen molar-refractivity contribution in [3.8, 4) is 5.75 Å². The number of aromatic hydroxyl groups is 1. The summed E-state index contributed by atoms with van der Waals surface area (Å²) in [5, 5.41) is 11.8. The largest absolute Gasteiger partial charge is 0.505 e. The highest BCUT2D eigenvalue weighted by Gasteiger charge is 2.35. The van der Waals surface area contributed by atoms with E-state index in [0.29, 0.717) is 37.6 Å². The second kappa shape index (κ2) is 17.7.